The number of hydrogen-bond acceptors (Lipinski definition) is 3. The first-order valence-electron chi connectivity index (χ1n) is 5.45. The Morgan fingerprint density at radius 1 is 1.00 bits per heavy atom. The molecule has 0 amide bonds. The van der Waals surface area contributed by atoms with E-state index < -0.39 is 0 Å². The van der Waals surface area contributed by atoms with Crippen LogP contribution in [-0.4, -0.2) is 19.9 Å². The summed E-state index contributed by atoms with van der Waals surface area (Å²) in [5.74, 6) is 0.635. The van der Waals surface area contributed by atoms with E-state index in [1.807, 2.05) is 30.3 Å². The molecule has 3 rings (SSSR count). The fourth-order valence-electron chi connectivity index (χ4n) is 1.69. The fraction of sp³-hybridized carbons (Fsp3) is 0. The van der Waals surface area contributed by atoms with Gasteiger partial charge in [-0.25, -0.2) is 15.0 Å². The minimum atomic E-state index is 0.270. The highest BCUT2D eigenvalue weighted by Gasteiger charge is 2.08. The maximum atomic E-state index is 5.84. The van der Waals surface area contributed by atoms with E-state index in [0.29, 0.717) is 11.0 Å². The Bertz CT molecular complexity index is 673. The number of aromatic nitrogens is 4. The van der Waals surface area contributed by atoms with Gasteiger partial charge in [-0.15, -0.1) is 0 Å². The van der Waals surface area contributed by atoms with Crippen LogP contribution >= 0.6 is 23.2 Å². The second-order valence-corrected chi connectivity index (χ2v) is 4.55. The summed E-state index contributed by atoms with van der Waals surface area (Å²) in [5, 5.41) is 0.609. The summed E-state index contributed by atoms with van der Waals surface area (Å²) < 4.78 is 0. The maximum absolute atomic E-state index is 5.84. The summed E-state index contributed by atoms with van der Waals surface area (Å²) in [5.41, 5.74) is 2.69. The molecule has 93 valence electrons. The first-order valence-corrected chi connectivity index (χ1v) is 6.20. The first-order chi connectivity index (χ1) is 9.24. The Morgan fingerprint density at radius 2 is 1.74 bits per heavy atom. The van der Waals surface area contributed by atoms with E-state index in [1.165, 1.54) is 0 Å². The third kappa shape index (κ3) is 2.45. The lowest BCUT2D eigenvalue weighted by Crippen LogP contribution is -1.85. The molecular weight excluding hydrogens is 283 g/mol. The molecule has 0 saturated carbocycles. The van der Waals surface area contributed by atoms with Gasteiger partial charge in [0, 0.05) is 17.3 Å². The van der Waals surface area contributed by atoms with Gasteiger partial charge in [0.15, 0.2) is 11.5 Å². The highest BCUT2D eigenvalue weighted by atomic mass is 35.5. The van der Waals surface area contributed by atoms with Gasteiger partial charge in [-0.05, 0) is 6.07 Å². The molecule has 4 nitrogen and oxygen atoms in total. The van der Waals surface area contributed by atoms with Crippen molar-refractivity contribution in [3.8, 4) is 22.6 Å². The second-order valence-electron chi connectivity index (χ2n) is 3.81. The van der Waals surface area contributed by atoms with Crippen LogP contribution in [-0.2, 0) is 0 Å². The van der Waals surface area contributed by atoms with Gasteiger partial charge in [0.25, 0.3) is 0 Å². The van der Waals surface area contributed by atoms with E-state index in [2.05, 4.69) is 26.3 Å². The monoisotopic (exact) mass is 289 g/mol. The smallest absolute Gasteiger partial charge is 0.198 e. The predicted octanol–water partition coefficient (Wildman–Crippen LogP) is 3.64. The molecule has 3 aromatic rings. The van der Waals surface area contributed by atoms with Gasteiger partial charge in [0.2, 0.25) is 0 Å². The lowest BCUT2D eigenvalue weighted by molar-refractivity contribution is 1.15. The van der Waals surface area contributed by atoms with Crippen LogP contribution in [0.2, 0.25) is 10.3 Å². The molecule has 0 bridgehead atoms. The molecule has 0 aliphatic heterocycles. The van der Waals surface area contributed by atoms with Gasteiger partial charge >= 0.3 is 0 Å². The van der Waals surface area contributed by atoms with E-state index in [-0.39, 0.29) is 5.15 Å². The number of halogens is 2. The molecule has 1 radical (unpaired) electrons. The molecule has 6 heteroatoms. The zero-order chi connectivity index (χ0) is 13.2. The molecule has 0 aliphatic carbocycles. The molecule has 2 aromatic heterocycles. The molecule has 0 spiro atoms. The van der Waals surface area contributed by atoms with Gasteiger partial charge in [-0.2, -0.15) is 0 Å². The molecule has 0 atom stereocenters. The highest BCUT2D eigenvalue weighted by Crippen LogP contribution is 2.26. The molecule has 0 fully saturated rings. The van der Waals surface area contributed by atoms with Gasteiger partial charge in [0.1, 0.15) is 11.0 Å². The number of benzene rings is 1. The van der Waals surface area contributed by atoms with E-state index >= 15 is 0 Å². The van der Waals surface area contributed by atoms with Gasteiger partial charge < -0.3 is 4.98 Å². The first kappa shape index (κ1) is 12.1. The van der Waals surface area contributed by atoms with Crippen molar-refractivity contribution < 1.29 is 0 Å². The predicted molar refractivity (Wildman–Crippen MR) is 73.9 cm³/mol. The summed E-state index contributed by atoms with van der Waals surface area (Å²) in [6.07, 6.45) is 4.22. The summed E-state index contributed by atoms with van der Waals surface area (Å²) in [6.45, 7) is 0. The zero-order valence-electron chi connectivity index (χ0n) is 9.56. The largest absolute Gasteiger partial charge is 0.328 e. The Hall–Kier alpha value is -1.91. The Labute approximate surface area is 119 Å². The average molecular weight is 290 g/mol. The minimum absolute atomic E-state index is 0.270. The van der Waals surface area contributed by atoms with Crippen LogP contribution in [0.25, 0.3) is 22.6 Å². The minimum Gasteiger partial charge on any atom is -0.328 e. The number of nitrogens with zero attached hydrogens (tertiary/aromatic N) is 3. The van der Waals surface area contributed by atoms with Crippen LogP contribution in [0.3, 0.4) is 0 Å². The van der Waals surface area contributed by atoms with Gasteiger partial charge in [-0.3, -0.25) is 0 Å². The van der Waals surface area contributed by atoms with Crippen molar-refractivity contribution >= 4 is 23.2 Å². The maximum Gasteiger partial charge on any atom is 0.198 e. The third-order valence-corrected chi connectivity index (χ3v) is 3.25. The Kier molecular flexibility index (Phi) is 3.19. The molecule has 1 N–H and O–H groups in total. The number of aromatic amines is 1. The van der Waals surface area contributed by atoms with Crippen LogP contribution in [0.4, 0.5) is 0 Å². The molecule has 1 aromatic carbocycles. The van der Waals surface area contributed by atoms with Crippen LogP contribution < -0.4 is 0 Å². The van der Waals surface area contributed by atoms with Crippen LogP contribution in [0, 0.1) is 6.33 Å². The van der Waals surface area contributed by atoms with Crippen molar-refractivity contribution in [3.05, 3.63) is 53.2 Å². The SMILES string of the molecule is Clc1nc(-c2ccc(-c3ccn[c]n3)cc2)[nH]c1Cl. The highest BCUT2D eigenvalue weighted by molar-refractivity contribution is 6.40. The van der Waals surface area contributed by atoms with Gasteiger partial charge in [0.05, 0.1) is 5.69 Å². The van der Waals surface area contributed by atoms with Crippen LogP contribution in [0.5, 0.6) is 0 Å². The lowest BCUT2D eigenvalue weighted by Gasteiger charge is -2.01. The molecular formula is C13H7Cl2N4. The number of hydrogen-bond donors (Lipinski definition) is 1. The molecule has 0 aliphatic rings. The molecule has 0 unspecified atom stereocenters. The van der Waals surface area contributed by atoms with Crippen molar-refractivity contribution in [2.75, 3.05) is 0 Å². The van der Waals surface area contributed by atoms with Crippen LogP contribution in [0.1, 0.15) is 0 Å². The number of rotatable bonds is 2. The van der Waals surface area contributed by atoms with E-state index in [9.17, 15) is 0 Å². The molecule has 0 saturated heterocycles. The fourth-order valence-corrected chi connectivity index (χ4v) is 1.95. The summed E-state index contributed by atoms with van der Waals surface area (Å²) >= 11 is 11.6. The molecule has 2 heterocycles. The summed E-state index contributed by atoms with van der Waals surface area (Å²) in [7, 11) is 0. The van der Waals surface area contributed by atoms with Crippen molar-refractivity contribution in [3.63, 3.8) is 0 Å². The quantitative estimate of drug-likeness (QED) is 0.784. The van der Waals surface area contributed by atoms with Crippen molar-refractivity contribution in [2.45, 2.75) is 0 Å². The summed E-state index contributed by atoms with van der Waals surface area (Å²) in [4.78, 5) is 14.9. The number of imidazole rings is 1. The Morgan fingerprint density at radius 3 is 2.32 bits per heavy atom. The van der Waals surface area contributed by atoms with E-state index in [4.69, 9.17) is 23.2 Å². The third-order valence-electron chi connectivity index (χ3n) is 2.61. The number of H-pyrrole nitrogens is 1. The topological polar surface area (TPSA) is 54.5 Å². The normalized spacial score (nSPS) is 10.6. The van der Waals surface area contributed by atoms with E-state index in [1.54, 1.807) is 6.20 Å². The van der Waals surface area contributed by atoms with Crippen molar-refractivity contribution in [1.82, 2.24) is 19.9 Å². The second kappa shape index (κ2) is 4.99. The Balaban J connectivity index is 1.95. The van der Waals surface area contributed by atoms with Gasteiger partial charge in [-0.1, -0.05) is 47.5 Å². The molecule has 19 heavy (non-hydrogen) atoms. The van der Waals surface area contributed by atoms with Crippen molar-refractivity contribution in [2.24, 2.45) is 0 Å². The lowest BCUT2D eigenvalue weighted by atomic mass is 10.1. The standard InChI is InChI=1S/C13H7Cl2N4/c14-11-12(15)19-13(18-11)9-3-1-8(2-4-9)10-5-6-16-7-17-10/h1-6H,(H,18,19). The van der Waals surface area contributed by atoms with E-state index in [0.717, 1.165) is 16.8 Å². The van der Waals surface area contributed by atoms with Crippen LogP contribution in [0.15, 0.2) is 36.5 Å². The zero-order valence-corrected chi connectivity index (χ0v) is 11.1. The number of nitrogens with one attached hydrogen (secondary N) is 1. The summed E-state index contributed by atoms with van der Waals surface area (Å²) in [6, 6.07) is 9.55. The average Bonchev–Trinajstić information content (AvgIpc) is 2.80. The van der Waals surface area contributed by atoms with Crippen molar-refractivity contribution in [1.29, 1.82) is 0 Å².